The van der Waals surface area contributed by atoms with Gasteiger partial charge in [-0.25, -0.2) is 0 Å². The summed E-state index contributed by atoms with van der Waals surface area (Å²) in [6, 6.07) is 7.51. The fraction of sp³-hybridized carbons (Fsp3) is 0.500. The first-order valence-electron chi connectivity index (χ1n) is 5.62. The topological polar surface area (TPSA) is 18.5 Å². The van der Waals surface area contributed by atoms with Crippen LogP contribution >= 0.6 is 11.6 Å². The van der Waals surface area contributed by atoms with Crippen molar-refractivity contribution in [3.05, 3.63) is 29.3 Å². The minimum atomic E-state index is -2.10. The lowest BCUT2D eigenvalue weighted by atomic mass is 10.3. The minimum Gasteiger partial charge on any atom is -0.519 e. The summed E-state index contributed by atoms with van der Waals surface area (Å²) < 4.78 is 11.7. The molecule has 0 spiro atoms. The van der Waals surface area contributed by atoms with Crippen LogP contribution in [-0.4, -0.2) is 15.2 Å². The van der Waals surface area contributed by atoms with Crippen LogP contribution in [0, 0.1) is 0 Å². The van der Waals surface area contributed by atoms with Gasteiger partial charge in [0, 0.05) is 6.61 Å². The van der Waals surface area contributed by atoms with Crippen LogP contribution in [0.25, 0.3) is 0 Å². The van der Waals surface area contributed by atoms with Crippen molar-refractivity contribution in [1.82, 2.24) is 0 Å². The van der Waals surface area contributed by atoms with Gasteiger partial charge >= 0.3 is 8.56 Å². The molecule has 1 rings (SSSR count). The molecule has 0 aliphatic carbocycles. The first-order chi connectivity index (χ1) is 7.55. The maximum absolute atomic E-state index is 6.03. The second-order valence-electron chi connectivity index (χ2n) is 4.13. The van der Waals surface area contributed by atoms with Crippen molar-refractivity contribution in [2.45, 2.75) is 32.9 Å². The summed E-state index contributed by atoms with van der Waals surface area (Å²) in [6.45, 7) is 6.98. The Hall–Kier alpha value is -0.513. The quantitative estimate of drug-likeness (QED) is 0.561. The van der Waals surface area contributed by atoms with Gasteiger partial charge in [-0.1, -0.05) is 37.1 Å². The minimum absolute atomic E-state index is 0.641. The summed E-state index contributed by atoms with van der Waals surface area (Å²) in [4.78, 5) is 0. The van der Waals surface area contributed by atoms with E-state index in [-0.39, 0.29) is 0 Å². The van der Waals surface area contributed by atoms with E-state index in [1.807, 2.05) is 37.4 Å². The van der Waals surface area contributed by atoms with Gasteiger partial charge in [0.25, 0.3) is 0 Å². The monoisotopic (exact) mass is 258 g/mol. The highest BCUT2D eigenvalue weighted by Gasteiger charge is 2.27. The van der Waals surface area contributed by atoms with E-state index < -0.39 is 8.56 Å². The van der Waals surface area contributed by atoms with Crippen molar-refractivity contribution >= 4 is 20.2 Å². The van der Waals surface area contributed by atoms with Crippen molar-refractivity contribution in [3.8, 4) is 5.75 Å². The lowest BCUT2D eigenvalue weighted by Crippen LogP contribution is -2.38. The second kappa shape index (κ2) is 6.28. The van der Waals surface area contributed by atoms with Crippen LogP contribution < -0.4 is 4.43 Å². The molecule has 0 radical (unpaired) electrons. The summed E-state index contributed by atoms with van der Waals surface area (Å²) in [7, 11) is -2.10. The van der Waals surface area contributed by atoms with E-state index in [4.69, 9.17) is 20.5 Å². The number of benzene rings is 1. The summed E-state index contributed by atoms with van der Waals surface area (Å²) in [6.07, 6.45) is 2.21. The number of hydrogen-bond acceptors (Lipinski definition) is 2. The smallest absolute Gasteiger partial charge is 0.392 e. The van der Waals surface area contributed by atoms with Crippen molar-refractivity contribution in [1.29, 1.82) is 0 Å². The van der Waals surface area contributed by atoms with Gasteiger partial charge in [0.2, 0.25) is 0 Å². The molecule has 1 aromatic carbocycles. The average Bonchev–Trinajstić information content (AvgIpc) is 2.21. The van der Waals surface area contributed by atoms with Gasteiger partial charge in [0.15, 0.2) is 0 Å². The predicted molar refractivity (Wildman–Crippen MR) is 70.4 cm³/mol. The van der Waals surface area contributed by atoms with Gasteiger partial charge in [0.05, 0.1) is 5.02 Å². The zero-order valence-corrected chi connectivity index (χ0v) is 11.9. The number of hydrogen-bond donors (Lipinski definition) is 0. The molecule has 2 nitrogen and oxygen atoms in total. The van der Waals surface area contributed by atoms with Crippen molar-refractivity contribution in [2.24, 2.45) is 0 Å². The second-order valence-corrected chi connectivity index (χ2v) is 7.83. The standard InChI is InChI=1S/C12H19ClO2Si/c1-4-5-10-14-16(2,3)15-12-9-7-6-8-11(12)13/h6-9H,4-5,10H2,1-3H3. The molecule has 0 aliphatic rings. The first kappa shape index (κ1) is 13.6. The average molecular weight is 259 g/mol. The molecular weight excluding hydrogens is 240 g/mol. The molecule has 0 aromatic heterocycles. The molecule has 16 heavy (non-hydrogen) atoms. The molecule has 0 amide bonds. The molecule has 4 heteroatoms. The van der Waals surface area contributed by atoms with Gasteiger partial charge < -0.3 is 8.85 Å². The summed E-state index contributed by atoms with van der Waals surface area (Å²) >= 11 is 6.03. The molecule has 0 N–H and O–H groups in total. The highest BCUT2D eigenvalue weighted by Crippen LogP contribution is 2.26. The predicted octanol–water partition coefficient (Wildman–Crippen LogP) is 4.24. The Balaban J connectivity index is 2.55. The van der Waals surface area contributed by atoms with Crippen molar-refractivity contribution < 1.29 is 8.85 Å². The van der Waals surface area contributed by atoms with Crippen LogP contribution in [-0.2, 0) is 4.43 Å². The third-order valence-electron chi connectivity index (χ3n) is 2.14. The summed E-state index contributed by atoms with van der Waals surface area (Å²) in [5.74, 6) is 0.720. The van der Waals surface area contributed by atoms with E-state index in [0.29, 0.717) is 5.02 Å². The van der Waals surface area contributed by atoms with Crippen molar-refractivity contribution in [3.63, 3.8) is 0 Å². The van der Waals surface area contributed by atoms with Gasteiger partial charge in [-0.05, 0) is 31.6 Å². The molecule has 0 saturated carbocycles. The van der Waals surface area contributed by atoms with Crippen molar-refractivity contribution in [2.75, 3.05) is 6.61 Å². The molecule has 0 saturated heterocycles. The molecule has 0 fully saturated rings. The third kappa shape index (κ3) is 4.55. The number of para-hydroxylation sites is 1. The Labute approximate surface area is 104 Å². The molecule has 0 bridgehead atoms. The van der Waals surface area contributed by atoms with E-state index in [2.05, 4.69) is 6.92 Å². The Bertz CT molecular complexity index is 329. The zero-order valence-electron chi connectivity index (χ0n) is 10.1. The molecule has 0 heterocycles. The van der Waals surface area contributed by atoms with Gasteiger partial charge in [-0.15, -0.1) is 0 Å². The Morgan fingerprint density at radius 3 is 2.56 bits per heavy atom. The molecule has 0 unspecified atom stereocenters. The van der Waals surface area contributed by atoms with E-state index in [0.717, 1.165) is 25.2 Å². The Kier molecular flexibility index (Phi) is 5.32. The normalized spacial score (nSPS) is 11.5. The molecule has 1 aromatic rings. The maximum atomic E-state index is 6.03. The van der Waals surface area contributed by atoms with Crippen LogP contribution in [0.15, 0.2) is 24.3 Å². The maximum Gasteiger partial charge on any atom is 0.392 e. The number of halogens is 1. The molecule has 90 valence electrons. The van der Waals surface area contributed by atoms with Gasteiger partial charge in [-0.2, -0.15) is 0 Å². The van der Waals surface area contributed by atoms with E-state index in [1.165, 1.54) is 0 Å². The Morgan fingerprint density at radius 2 is 1.94 bits per heavy atom. The van der Waals surface area contributed by atoms with E-state index in [9.17, 15) is 0 Å². The SMILES string of the molecule is CCCCO[Si](C)(C)Oc1ccccc1Cl. The van der Waals surface area contributed by atoms with Gasteiger partial charge in [-0.3, -0.25) is 0 Å². The highest BCUT2D eigenvalue weighted by molar-refractivity contribution is 6.65. The van der Waals surface area contributed by atoms with Crippen LogP contribution in [0.1, 0.15) is 19.8 Å². The lowest BCUT2D eigenvalue weighted by molar-refractivity contribution is 0.243. The van der Waals surface area contributed by atoms with Gasteiger partial charge in [0.1, 0.15) is 5.75 Å². The molecule has 0 atom stereocenters. The highest BCUT2D eigenvalue weighted by atomic mass is 35.5. The largest absolute Gasteiger partial charge is 0.519 e. The van der Waals surface area contributed by atoms with Crippen LogP contribution in [0.4, 0.5) is 0 Å². The van der Waals surface area contributed by atoms with E-state index in [1.54, 1.807) is 0 Å². The molecular formula is C12H19ClO2Si. The zero-order chi connectivity index (χ0) is 12.0. The third-order valence-corrected chi connectivity index (χ3v) is 4.06. The first-order valence-corrected chi connectivity index (χ1v) is 8.82. The summed E-state index contributed by atoms with van der Waals surface area (Å²) in [5, 5.41) is 0.641. The number of unbranched alkanes of at least 4 members (excludes halogenated alkanes) is 1. The number of rotatable bonds is 6. The summed E-state index contributed by atoms with van der Waals surface area (Å²) in [5.41, 5.74) is 0. The fourth-order valence-corrected chi connectivity index (χ4v) is 2.93. The van der Waals surface area contributed by atoms with Crippen LogP contribution in [0.5, 0.6) is 5.75 Å². The van der Waals surface area contributed by atoms with E-state index >= 15 is 0 Å². The molecule has 0 aliphatic heterocycles. The lowest BCUT2D eigenvalue weighted by Gasteiger charge is -2.24. The Morgan fingerprint density at radius 1 is 1.25 bits per heavy atom. The van der Waals surface area contributed by atoms with Crippen LogP contribution in [0.3, 0.4) is 0 Å². The van der Waals surface area contributed by atoms with Crippen LogP contribution in [0.2, 0.25) is 18.1 Å². The fourth-order valence-electron chi connectivity index (χ4n) is 1.28.